The minimum atomic E-state index is -0.125. The summed E-state index contributed by atoms with van der Waals surface area (Å²) in [7, 11) is 0. The molecular weight excluding hydrogens is 643 g/mol. The predicted octanol–water partition coefficient (Wildman–Crippen LogP) is 14.0. The van der Waals surface area contributed by atoms with Crippen molar-refractivity contribution in [1.82, 2.24) is 0 Å². The lowest BCUT2D eigenvalue weighted by molar-refractivity contribution is 0.656. The Labute approximate surface area is 311 Å². The van der Waals surface area contributed by atoms with Gasteiger partial charge in [0.1, 0.15) is 11.2 Å². The van der Waals surface area contributed by atoms with E-state index < -0.39 is 0 Å². The van der Waals surface area contributed by atoms with Gasteiger partial charge in [-0.2, -0.15) is 0 Å². The van der Waals surface area contributed by atoms with E-state index in [9.17, 15) is 0 Å². The Bertz CT molecular complexity index is 2770. The summed E-state index contributed by atoms with van der Waals surface area (Å²) in [5.41, 5.74) is 21.0. The first-order chi connectivity index (χ1) is 25.6. The molecule has 2 nitrogen and oxygen atoms in total. The molecule has 256 valence electrons. The summed E-state index contributed by atoms with van der Waals surface area (Å²) < 4.78 is 6.80. The Hall–Kier alpha value is -5.86. The van der Waals surface area contributed by atoms with Crippen molar-refractivity contribution in [3.63, 3.8) is 0 Å². The molecule has 0 saturated heterocycles. The van der Waals surface area contributed by atoms with E-state index in [2.05, 4.69) is 186 Å². The quantitative estimate of drug-likeness (QED) is 0.184. The minimum absolute atomic E-state index is 0.112. The van der Waals surface area contributed by atoms with Crippen molar-refractivity contribution in [2.24, 2.45) is 0 Å². The number of fused-ring (bicyclic) bond motifs is 13. The van der Waals surface area contributed by atoms with Gasteiger partial charge in [0.25, 0.3) is 0 Å². The second-order valence-corrected chi connectivity index (χ2v) is 16.9. The molecule has 8 aromatic rings. The molecule has 3 aliphatic rings. The Morgan fingerprint density at radius 1 is 0.377 bits per heavy atom. The Balaban J connectivity index is 1.22. The fourth-order valence-electron chi connectivity index (χ4n) is 10.4. The van der Waals surface area contributed by atoms with Crippen molar-refractivity contribution in [2.45, 2.75) is 57.8 Å². The van der Waals surface area contributed by atoms with Crippen molar-refractivity contribution in [1.29, 1.82) is 0 Å². The predicted molar refractivity (Wildman–Crippen MR) is 221 cm³/mol. The van der Waals surface area contributed by atoms with Crippen molar-refractivity contribution in [3.05, 3.63) is 173 Å². The maximum Gasteiger partial charge on any atom is 0.137 e. The zero-order chi connectivity index (χ0) is 36.0. The zero-order valence-corrected chi connectivity index (χ0v) is 31.1. The third-order valence-electron chi connectivity index (χ3n) is 13.1. The standard InChI is InChI=1S/C51H41NO/c1-49(2)39-19-12-9-16-36(39)46-40(49)26-27-45-48(46)47-43(20-13-21-44(47)53-45)52(30-22-24-34-32-14-7-10-17-37(32)50(3,4)41(34)28-30)31-23-25-35-33-15-8-11-18-38(33)51(5,6)42(35)29-31/h7-29H,1-6H3. The van der Waals surface area contributed by atoms with E-state index in [4.69, 9.17) is 4.42 Å². The van der Waals surface area contributed by atoms with Gasteiger partial charge >= 0.3 is 0 Å². The van der Waals surface area contributed by atoms with Crippen LogP contribution in [0.3, 0.4) is 0 Å². The summed E-state index contributed by atoms with van der Waals surface area (Å²) >= 11 is 0. The smallest absolute Gasteiger partial charge is 0.137 e. The number of anilines is 3. The number of hydrogen-bond donors (Lipinski definition) is 0. The molecule has 2 heteroatoms. The van der Waals surface area contributed by atoms with E-state index in [-0.39, 0.29) is 16.2 Å². The van der Waals surface area contributed by atoms with Gasteiger partial charge in [-0.3, -0.25) is 0 Å². The first-order valence-electron chi connectivity index (χ1n) is 18.9. The van der Waals surface area contributed by atoms with E-state index in [1.165, 1.54) is 72.1 Å². The molecule has 53 heavy (non-hydrogen) atoms. The highest BCUT2D eigenvalue weighted by Crippen LogP contribution is 2.57. The van der Waals surface area contributed by atoms with Crippen LogP contribution in [0.15, 0.2) is 144 Å². The van der Waals surface area contributed by atoms with E-state index in [1.807, 2.05) is 0 Å². The van der Waals surface area contributed by atoms with Crippen LogP contribution in [0, 0.1) is 0 Å². The number of rotatable bonds is 3. The fraction of sp³-hybridized carbons (Fsp3) is 0.176. The molecule has 0 radical (unpaired) electrons. The molecule has 0 bridgehead atoms. The van der Waals surface area contributed by atoms with E-state index in [1.54, 1.807) is 0 Å². The molecule has 7 aromatic carbocycles. The van der Waals surface area contributed by atoms with Gasteiger partial charge in [-0.15, -0.1) is 0 Å². The molecule has 1 aromatic heterocycles. The highest BCUT2D eigenvalue weighted by atomic mass is 16.3. The summed E-state index contributed by atoms with van der Waals surface area (Å²) in [6, 6.07) is 52.1. The Morgan fingerprint density at radius 3 is 1.43 bits per heavy atom. The number of furan rings is 1. The van der Waals surface area contributed by atoms with Gasteiger partial charge in [0, 0.05) is 33.0 Å². The van der Waals surface area contributed by atoms with E-state index in [0.717, 1.165) is 33.6 Å². The molecule has 0 fully saturated rings. The normalized spacial score (nSPS) is 16.2. The highest BCUT2D eigenvalue weighted by Gasteiger charge is 2.40. The highest BCUT2D eigenvalue weighted by molar-refractivity contribution is 6.20. The van der Waals surface area contributed by atoms with Crippen LogP contribution < -0.4 is 4.90 Å². The van der Waals surface area contributed by atoms with Crippen LogP contribution in [0.4, 0.5) is 17.1 Å². The number of benzene rings is 7. The third kappa shape index (κ3) is 3.88. The fourth-order valence-corrected chi connectivity index (χ4v) is 10.4. The summed E-state index contributed by atoms with van der Waals surface area (Å²) in [6.45, 7) is 14.2. The molecule has 0 aliphatic heterocycles. The van der Waals surface area contributed by atoms with Crippen LogP contribution >= 0.6 is 0 Å². The molecule has 0 spiro atoms. The number of hydrogen-bond acceptors (Lipinski definition) is 2. The maximum absolute atomic E-state index is 6.80. The van der Waals surface area contributed by atoms with Gasteiger partial charge in [-0.05, 0) is 109 Å². The summed E-state index contributed by atoms with van der Waals surface area (Å²) in [5, 5.41) is 2.34. The van der Waals surface area contributed by atoms with Gasteiger partial charge in [-0.1, -0.05) is 139 Å². The van der Waals surface area contributed by atoms with Crippen molar-refractivity contribution in [2.75, 3.05) is 4.90 Å². The second kappa shape index (κ2) is 10.2. The van der Waals surface area contributed by atoms with Gasteiger partial charge in [0.2, 0.25) is 0 Å². The molecule has 0 N–H and O–H groups in total. The Morgan fingerprint density at radius 2 is 0.849 bits per heavy atom. The molecule has 0 amide bonds. The largest absolute Gasteiger partial charge is 0.456 e. The molecule has 0 saturated carbocycles. The van der Waals surface area contributed by atoms with E-state index in [0.29, 0.717) is 0 Å². The average Bonchev–Trinajstić information content (AvgIpc) is 3.81. The summed E-state index contributed by atoms with van der Waals surface area (Å²) in [4.78, 5) is 2.50. The summed E-state index contributed by atoms with van der Waals surface area (Å²) in [5.74, 6) is 0. The lowest BCUT2D eigenvalue weighted by Crippen LogP contribution is -2.18. The lowest BCUT2D eigenvalue weighted by atomic mass is 9.82. The van der Waals surface area contributed by atoms with Gasteiger partial charge in [0.05, 0.1) is 11.1 Å². The SMILES string of the molecule is CC1(C)c2ccccc2-c2ccc(N(c3ccc4c(c3)C(C)(C)c3ccccc3-4)c3cccc4oc5ccc6c(c5c34)-c3ccccc3C6(C)C)cc21. The first kappa shape index (κ1) is 30.7. The third-order valence-corrected chi connectivity index (χ3v) is 13.1. The van der Waals surface area contributed by atoms with Crippen LogP contribution in [0.25, 0.3) is 55.3 Å². The zero-order valence-electron chi connectivity index (χ0n) is 31.1. The molecule has 0 unspecified atom stereocenters. The average molecular weight is 684 g/mol. The van der Waals surface area contributed by atoms with Crippen molar-refractivity contribution >= 4 is 39.0 Å². The molecular formula is C51H41NO. The monoisotopic (exact) mass is 683 g/mol. The molecule has 11 rings (SSSR count). The first-order valence-corrected chi connectivity index (χ1v) is 18.9. The van der Waals surface area contributed by atoms with Crippen LogP contribution in [-0.2, 0) is 16.2 Å². The molecule has 0 atom stereocenters. The van der Waals surface area contributed by atoms with Crippen molar-refractivity contribution in [3.8, 4) is 33.4 Å². The Kier molecular flexibility index (Phi) is 5.90. The van der Waals surface area contributed by atoms with Gasteiger partial charge < -0.3 is 9.32 Å². The van der Waals surface area contributed by atoms with Crippen LogP contribution in [0.1, 0.15) is 74.9 Å². The second-order valence-electron chi connectivity index (χ2n) is 16.9. The van der Waals surface area contributed by atoms with Crippen LogP contribution in [0.2, 0.25) is 0 Å². The molecule has 3 aliphatic carbocycles. The lowest BCUT2D eigenvalue weighted by Gasteiger charge is -2.30. The van der Waals surface area contributed by atoms with E-state index >= 15 is 0 Å². The van der Waals surface area contributed by atoms with Gasteiger partial charge in [-0.25, -0.2) is 0 Å². The summed E-state index contributed by atoms with van der Waals surface area (Å²) in [6.07, 6.45) is 0. The number of nitrogens with zero attached hydrogens (tertiary/aromatic N) is 1. The van der Waals surface area contributed by atoms with Gasteiger partial charge in [0.15, 0.2) is 0 Å². The topological polar surface area (TPSA) is 16.4 Å². The molecule has 1 heterocycles. The van der Waals surface area contributed by atoms with Crippen LogP contribution in [0.5, 0.6) is 0 Å². The van der Waals surface area contributed by atoms with Crippen molar-refractivity contribution < 1.29 is 4.42 Å². The minimum Gasteiger partial charge on any atom is -0.456 e. The maximum atomic E-state index is 6.80. The van der Waals surface area contributed by atoms with Crippen LogP contribution in [-0.4, -0.2) is 0 Å².